The maximum absolute atomic E-state index is 5.30. The average Bonchev–Trinajstić information content (AvgIpc) is 2.95. The van der Waals surface area contributed by atoms with E-state index in [1.165, 1.54) is 36.1 Å². The smallest absolute Gasteiger partial charge is 0.150 e. The Hall–Kier alpha value is -2.00. The van der Waals surface area contributed by atoms with E-state index in [0.717, 1.165) is 31.7 Å². The minimum Gasteiger partial charge on any atom is -0.408 e. The van der Waals surface area contributed by atoms with E-state index in [9.17, 15) is 0 Å². The molecule has 0 saturated heterocycles. The Kier molecular flexibility index (Phi) is 5.32. The zero-order valence-electron chi connectivity index (χ0n) is 13.0. The minimum absolute atomic E-state index is 0.939. The highest BCUT2D eigenvalue weighted by atomic mass is 16.6. The predicted octanol–water partition coefficient (Wildman–Crippen LogP) is 3.95. The number of hydrogen-bond donors (Lipinski definition) is 2. The molecule has 116 valence electrons. The van der Waals surface area contributed by atoms with Crippen molar-refractivity contribution in [1.29, 1.82) is 0 Å². The Morgan fingerprint density at radius 1 is 0.727 bits per heavy atom. The number of nitrogens with one attached hydrogen (secondary N) is 2. The van der Waals surface area contributed by atoms with E-state index in [1.807, 2.05) is 18.2 Å². The highest BCUT2D eigenvalue weighted by molar-refractivity contribution is 5.51. The lowest BCUT2D eigenvalue weighted by atomic mass is 10.1. The predicted molar refractivity (Wildman–Crippen MR) is 91.3 cm³/mol. The van der Waals surface area contributed by atoms with Gasteiger partial charge in [0.25, 0.3) is 0 Å². The molecule has 22 heavy (non-hydrogen) atoms. The van der Waals surface area contributed by atoms with Crippen LogP contribution in [0.3, 0.4) is 0 Å². The second-order valence-corrected chi connectivity index (χ2v) is 5.75. The van der Waals surface area contributed by atoms with E-state index in [2.05, 4.69) is 41.1 Å². The first-order valence-electron chi connectivity index (χ1n) is 8.23. The quantitative estimate of drug-likeness (QED) is 0.772. The number of aryl methyl sites for hydroxylation is 2. The van der Waals surface area contributed by atoms with E-state index < -0.39 is 0 Å². The second kappa shape index (κ2) is 7.85. The molecule has 0 radical (unpaired) electrons. The van der Waals surface area contributed by atoms with Crippen molar-refractivity contribution in [3.63, 3.8) is 0 Å². The summed E-state index contributed by atoms with van der Waals surface area (Å²) in [6, 6.07) is 16.7. The zero-order chi connectivity index (χ0) is 15.0. The van der Waals surface area contributed by atoms with Gasteiger partial charge < -0.3 is 10.2 Å². The Morgan fingerprint density at radius 3 is 2.45 bits per heavy atom. The van der Waals surface area contributed by atoms with Crippen LogP contribution in [0.25, 0.3) is 0 Å². The van der Waals surface area contributed by atoms with Gasteiger partial charge in [-0.05, 0) is 55.4 Å². The lowest BCUT2D eigenvalue weighted by Gasteiger charge is -2.04. The summed E-state index contributed by atoms with van der Waals surface area (Å²) in [6.07, 6.45) is 6.13. The van der Waals surface area contributed by atoms with Crippen LogP contribution in [0.2, 0.25) is 0 Å². The van der Waals surface area contributed by atoms with Crippen molar-refractivity contribution in [1.82, 2.24) is 5.48 Å². The number of hydroxylamine groups is 1. The van der Waals surface area contributed by atoms with Crippen molar-refractivity contribution >= 4 is 5.69 Å². The van der Waals surface area contributed by atoms with Crippen LogP contribution in [0.4, 0.5) is 5.69 Å². The average molecular weight is 296 g/mol. The van der Waals surface area contributed by atoms with Crippen LogP contribution in [-0.2, 0) is 12.8 Å². The summed E-state index contributed by atoms with van der Waals surface area (Å²) in [7, 11) is 0. The Bertz CT molecular complexity index is 494. The van der Waals surface area contributed by atoms with Gasteiger partial charge in [0.2, 0.25) is 0 Å². The van der Waals surface area contributed by atoms with Crippen molar-refractivity contribution in [3.8, 4) is 5.75 Å². The fourth-order valence-electron chi connectivity index (χ4n) is 2.86. The molecule has 3 nitrogen and oxygen atoms in total. The molecule has 2 heterocycles. The first-order chi connectivity index (χ1) is 10.9. The van der Waals surface area contributed by atoms with Crippen LogP contribution < -0.4 is 15.6 Å². The standard InChI is InChI=1S/C10H13N.C9H11NO/c1-2-7-10-9(5-1)6-3-4-8-11-10;1-2-6-9-8(4-1)5-3-7-10-11-9/h1-2,5,7,11H,3-4,6,8H2;1-2,4,6,10H,3,5,7H2. The number of hydrogen-bond acceptors (Lipinski definition) is 3. The molecule has 3 heteroatoms. The van der Waals surface area contributed by atoms with E-state index in [0.29, 0.717) is 0 Å². The Balaban J connectivity index is 0.000000131. The molecule has 2 aliphatic rings. The molecule has 0 fully saturated rings. The van der Waals surface area contributed by atoms with Gasteiger partial charge in [-0.15, -0.1) is 0 Å². The Morgan fingerprint density at radius 2 is 1.50 bits per heavy atom. The second-order valence-electron chi connectivity index (χ2n) is 5.75. The van der Waals surface area contributed by atoms with Gasteiger partial charge in [0, 0.05) is 18.8 Å². The molecule has 2 aromatic carbocycles. The summed E-state index contributed by atoms with van der Waals surface area (Å²) in [5.74, 6) is 0.977. The molecule has 0 unspecified atom stereocenters. The van der Waals surface area contributed by atoms with Gasteiger partial charge in [0.05, 0.1) is 0 Å². The molecule has 0 bridgehead atoms. The topological polar surface area (TPSA) is 33.3 Å². The normalized spacial score (nSPS) is 16.4. The number of para-hydroxylation sites is 2. The molecular weight excluding hydrogens is 272 g/mol. The van der Waals surface area contributed by atoms with Crippen LogP contribution in [0.5, 0.6) is 5.75 Å². The van der Waals surface area contributed by atoms with E-state index in [1.54, 1.807) is 0 Å². The summed E-state index contributed by atoms with van der Waals surface area (Å²) < 4.78 is 0. The van der Waals surface area contributed by atoms with E-state index >= 15 is 0 Å². The number of fused-ring (bicyclic) bond motifs is 2. The lowest BCUT2D eigenvalue weighted by molar-refractivity contribution is 0.202. The molecule has 2 aromatic rings. The van der Waals surface area contributed by atoms with Gasteiger partial charge in [-0.2, -0.15) is 5.48 Å². The first-order valence-corrected chi connectivity index (χ1v) is 8.23. The molecule has 4 rings (SSSR count). The highest BCUT2D eigenvalue weighted by Gasteiger charge is 2.06. The van der Waals surface area contributed by atoms with Crippen LogP contribution >= 0.6 is 0 Å². The third-order valence-corrected chi connectivity index (χ3v) is 4.09. The van der Waals surface area contributed by atoms with Gasteiger partial charge in [-0.25, -0.2) is 0 Å². The summed E-state index contributed by atoms with van der Waals surface area (Å²) >= 11 is 0. The van der Waals surface area contributed by atoms with Gasteiger partial charge in [0.1, 0.15) is 5.75 Å². The lowest BCUT2D eigenvalue weighted by Crippen LogP contribution is -2.17. The fraction of sp³-hybridized carbons (Fsp3) is 0.368. The fourth-order valence-corrected chi connectivity index (χ4v) is 2.86. The van der Waals surface area contributed by atoms with Crippen molar-refractivity contribution in [2.24, 2.45) is 0 Å². The molecule has 2 N–H and O–H groups in total. The monoisotopic (exact) mass is 296 g/mol. The van der Waals surface area contributed by atoms with Gasteiger partial charge >= 0.3 is 0 Å². The third kappa shape index (κ3) is 4.01. The van der Waals surface area contributed by atoms with Gasteiger partial charge in [-0.3, -0.25) is 0 Å². The van der Waals surface area contributed by atoms with Gasteiger partial charge in [0.15, 0.2) is 0 Å². The van der Waals surface area contributed by atoms with Crippen LogP contribution in [-0.4, -0.2) is 13.1 Å². The number of rotatable bonds is 0. The van der Waals surface area contributed by atoms with Crippen molar-refractivity contribution in [3.05, 3.63) is 59.7 Å². The minimum atomic E-state index is 0.939. The maximum Gasteiger partial charge on any atom is 0.150 e. The van der Waals surface area contributed by atoms with Crippen LogP contribution in [0, 0.1) is 0 Å². The molecule has 0 amide bonds. The van der Waals surface area contributed by atoms with Gasteiger partial charge in [-0.1, -0.05) is 36.4 Å². The molecule has 0 aromatic heterocycles. The molecule has 0 spiro atoms. The Labute approximate surface area is 132 Å². The summed E-state index contributed by atoms with van der Waals surface area (Å²) in [5, 5.41) is 3.43. The summed E-state index contributed by atoms with van der Waals surface area (Å²) in [6.45, 7) is 2.08. The highest BCUT2D eigenvalue weighted by Crippen LogP contribution is 2.20. The largest absolute Gasteiger partial charge is 0.408 e. The molecule has 2 aliphatic heterocycles. The zero-order valence-corrected chi connectivity index (χ0v) is 13.0. The first kappa shape index (κ1) is 14.9. The summed E-state index contributed by atoms with van der Waals surface area (Å²) in [4.78, 5) is 5.30. The summed E-state index contributed by atoms with van der Waals surface area (Å²) in [5.41, 5.74) is 7.02. The SMILES string of the molecule is c1ccc2c(c1)CCCCN2.c1ccc2c(c1)CCCNO2. The van der Waals surface area contributed by atoms with Crippen molar-refractivity contribution < 1.29 is 4.84 Å². The maximum atomic E-state index is 5.30. The van der Waals surface area contributed by atoms with E-state index in [-0.39, 0.29) is 0 Å². The van der Waals surface area contributed by atoms with Crippen molar-refractivity contribution in [2.75, 3.05) is 18.4 Å². The van der Waals surface area contributed by atoms with E-state index in [4.69, 9.17) is 4.84 Å². The third-order valence-electron chi connectivity index (χ3n) is 4.09. The molecule has 0 aliphatic carbocycles. The number of benzene rings is 2. The molecule has 0 saturated carbocycles. The van der Waals surface area contributed by atoms with Crippen molar-refractivity contribution in [2.45, 2.75) is 32.1 Å². The number of anilines is 1. The molecular formula is C19H24N2O. The van der Waals surface area contributed by atoms with Crippen LogP contribution in [0.1, 0.15) is 30.4 Å². The molecule has 0 atom stereocenters. The van der Waals surface area contributed by atoms with Crippen LogP contribution in [0.15, 0.2) is 48.5 Å².